The van der Waals surface area contributed by atoms with Crippen molar-refractivity contribution in [1.29, 1.82) is 0 Å². The highest BCUT2D eigenvalue weighted by Gasteiger charge is 2.37. The largest absolute Gasteiger partial charge is 0.461 e. The van der Waals surface area contributed by atoms with Gasteiger partial charge >= 0.3 is 5.97 Å². The van der Waals surface area contributed by atoms with Crippen LogP contribution in [0.2, 0.25) is 0 Å². The Labute approximate surface area is 189 Å². The van der Waals surface area contributed by atoms with Gasteiger partial charge in [0, 0.05) is 31.5 Å². The Bertz CT molecular complexity index is 765. The van der Waals surface area contributed by atoms with Crippen molar-refractivity contribution in [3.63, 3.8) is 0 Å². The lowest BCUT2D eigenvalue weighted by molar-refractivity contribution is -0.171. The van der Waals surface area contributed by atoms with Crippen molar-refractivity contribution < 1.29 is 19.0 Å². The van der Waals surface area contributed by atoms with Crippen molar-refractivity contribution >= 4 is 27.6 Å². The molecule has 0 N–H and O–H groups in total. The predicted molar refractivity (Wildman–Crippen MR) is 123 cm³/mol. The van der Waals surface area contributed by atoms with Crippen molar-refractivity contribution in [2.24, 2.45) is 0 Å². The minimum atomic E-state index is -0.859. The molecule has 0 saturated carbocycles. The fourth-order valence-corrected chi connectivity index (χ4v) is 4.28. The van der Waals surface area contributed by atoms with Gasteiger partial charge in [0.05, 0.1) is 33.2 Å². The average molecular weight is 485 g/mol. The van der Waals surface area contributed by atoms with Crippen molar-refractivity contribution in [3.05, 3.63) is 21.4 Å². The van der Waals surface area contributed by atoms with Crippen molar-refractivity contribution in [2.45, 2.75) is 91.6 Å². The maximum atomic E-state index is 13.1. The molecule has 1 fully saturated rings. The number of aryl methyl sites for hydroxylation is 2. The number of hydrogen-bond acceptors (Lipinski definition) is 6. The summed E-state index contributed by atoms with van der Waals surface area (Å²) >= 11 is 3.75. The highest BCUT2D eigenvalue weighted by molar-refractivity contribution is 9.10. The van der Waals surface area contributed by atoms with Crippen molar-refractivity contribution in [1.82, 2.24) is 4.98 Å². The van der Waals surface area contributed by atoms with E-state index >= 15 is 0 Å². The zero-order valence-corrected chi connectivity index (χ0v) is 21.5. The number of rotatable bonds is 6. The van der Waals surface area contributed by atoms with Gasteiger partial charge in [-0.25, -0.2) is 4.79 Å². The van der Waals surface area contributed by atoms with E-state index in [1.807, 2.05) is 48.5 Å². The number of esters is 1. The number of halogens is 1. The highest BCUT2D eigenvalue weighted by atomic mass is 79.9. The summed E-state index contributed by atoms with van der Waals surface area (Å²) in [7, 11) is 1.77. The molecule has 1 saturated heterocycles. The summed E-state index contributed by atoms with van der Waals surface area (Å²) in [6.45, 7) is 17.2. The van der Waals surface area contributed by atoms with E-state index in [1.165, 1.54) is 0 Å². The van der Waals surface area contributed by atoms with Crippen LogP contribution < -0.4 is 4.90 Å². The van der Waals surface area contributed by atoms with Gasteiger partial charge in [0.25, 0.3) is 0 Å². The molecule has 1 aliphatic heterocycles. The number of carbonyl (C=O) groups excluding carboxylic acids is 1. The minimum Gasteiger partial charge on any atom is -0.461 e. The molecule has 0 unspecified atom stereocenters. The number of aromatic nitrogens is 1. The number of hydrogen-bond donors (Lipinski definition) is 0. The zero-order chi connectivity index (χ0) is 22.9. The van der Waals surface area contributed by atoms with Crippen LogP contribution in [0.3, 0.4) is 0 Å². The van der Waals surface area contributed by atoms with E-state index in [0.29, 0.717) is 0 Å². The molecular formula is C23H37BrN2O4. The molecule has 6 nitrogen and oxygen atoms in total. The first-order valence-electron chi connectivity index (χ1n) is 10.6. The summed E-state index contributed by atoms with van der Waals surface area (Å²) < 4.78 is 18.5. The molecular weight excluding hydrogens is 448 g/mol. The number of piperidine rings is 1. The van der Waals surface area contributed by atoms with Crippen LogP contribution in [0, 0.1) is 13.8 Å². The van der Waals surface area contributed by atoms with Gasteiger partial charge in [-0.3, -0.25) is 4.98 Å². The van der Waals surface area contributed by atoms with Gasteiger partial charge in [0.15, 0.2) is 6.10 Å². The molecule has 2 rings (SSSR count). The van der Waals surface area contributed by atoms with E-state index in [0.717, 1.165) is 53.0 Å². The number of nitrogens with zero attached hydrogens (tertiary/aromatic N) is 2. The van der Waals surface area contributed by atoms with Crippen LogP contribution in [0.1, 0.15) is 77.4 Å². The number of ether oxygens (including phenoxy) is 3. The summed E-state index contributed by atoms with van der Waals surface area (Å²) in [6, 6.07) is 0. The van der Waals surface area contributed by atoms with Crippen LogP contribution in [0.4, 0.5) is 5.69 Å². The maximum Gasteiger partial charge on any atom is 0.340 e. The molecule has 2 heterocycles. The predicted octanol–water partition coefficient (Wildman–Crippen LogP) is 5.27. The van der Waals surface area contributed by atoms with Crippen LogP contribution in [-0.2, 0) is 19.0 Å². The second kappa shape index (κ2) is 9.53. The Morgan fingerprint density at radius 3 is 2.20 bits per heavy atom. The van der Waals surface area contributed by atoms with Gasteiger partial charge in [0.1, 0.15) is 0 Å². The SMILES string of the molecule is COC1(C)CCN(c2c(Br)c(C)nc(C)c2[C@H](OC(C)(C)C)C(=O)OC(C)C)CC1. The Hall–Kier alpha value is -1.18. The standard InChI is InChI=1S/C23H37BrN2O4/c1-14(2)29-21(27)20(30-22(5,6)7)17-15(3)25-16(4)18(24)19(17)26-12-10-23(8,28-9)11-13-26/h14,20H,10-13H2,1-9H3/t20-/m0/s1. The van der Waals surface area contributed by atoms with Gasteiger partial charge < -0.3 is 19.1 Å². The maximum absolute atomic E-state index is 13.1. The van der Waals surface area contributed by atoms with Gasteiger partial charge in [-0.1, -0.05) is 0 Å². The van der Waals surface area contributed by atoms with Gasteiger partial charge in [-0.15, -0.1) is 0 Å². The Morgan fingerprint density at radius 1 is 1.17 bits per heavy atom. The fourth-order valence-electron chi connectivity index (χ4n) is 3.72. The molecule has 0 radical (unpaired) electrons. The summed E-state index contributed by atoms with van der Waals surface area (Å²) in [5.41, 5.74) is 2.75. The molecule has 0 bridgehead atoms. The highest BCUT2D eigenvalue weighted by Crippen LogP contribution is 2.42. The monoisotopic (exact) mass is 484 g/mol. The third kappa shape index (κ3) is 5.95. The zero-order valence-electron chi connectivity index (χ0n) is 19.9. The molecule has 1 aromatic heterocycles. The first kappa shape index (κ1) is 25.1. The molecule has 0 amide bonds. The first-order valence-corrected chi connectivity index (χ1v) is 11.4. The van der Waals surface area contributed by atoms with E-state index in [9.17, 15) is 4.79 Å². The summed E-state index contributed by atoms with van der Waals surface area (Å²) in [6.07, 6.45) is 0.711. The van der Waals surface area contributed by atoms with Gasteiger partial charge in [0.2, 0.25) is 0 Å². The molecule has 7 heteroatoms. The normalized spacial score (nSPS) is 17.9. The first-order chi connectivity index (χ1) is 13.8. The Balaban J connectivity index is 2.58. The third-order valence-corrected chi connectivity index (χ3v) is 6.38. The molecule has 0 aromatic carbocycles. The van der Waals surface area contributed by atoms with Crippen LogP contribution in [0.15, 0.2) is 4.47 Å². The van der Waals surface area contributed by atoms with Crippen LogP contribution in [0.25, 0.3) is 0 Å². The van der Waals surface area contributed by atoms with Gasteiger partial charge in [-0.05, 0) is 84.2 Å². The quantitative estimate of drug-likeness (QED) is 0.512. The molecule has 0 spiro atoms. The molecule has 1 aromatic rings. The van der Waals surface area contributed by atoms with Crippen LogP contribution >= 0.6 is 15.9 Å². The van der Waals surface area contributed by atoms with Gasteiger partial charge in [-0.2, -0.15) is 0 Å². The summed E-state index contributed by atoms with van der Waals surface area (Å²) in [5.74, 6) is -0.388. The molecule has 30 heavy (non-hydrogen) atoms. The molecule has 1 atom stereocenters. The van der Waals surface area contributed by atoms with Crippen molar-refractivity contribution in [2.75, 3.05) is 25.1 Å². The number of anilines is 1. The Morgan fingerprint density at radius 2 is 1.73 bits per heavy atom. The summed E-state index contributed by atoms with van der Waals surface area (Å²) in [4.78, 5) is 20.1. The minimum absolute atomic E-state index is 0.127. The average Bonchev–Trinajstić information content (AvgIpc) is 2.62. The molecule has 170 valence electrons. The van der Waals surface area contributed by atoms with Crippen LogP contribution in [-0.4, -0.2) is 48.5 Å². The number of carbonyl (C=O) groups is 1. The topological polar surface area (TPSA) is 60.9 Å². The lowest BCUT2D eigenvalue weighted by atomic mass is 9.92. The second-order valence-electron chi connectivity index (χ2n) is 9.60. The lowest BCUT2D eigenvalue weighted by Crippen LogP contribution is -2.44. The smallest absolute Gasteiger partial charge is 0.340 e. The number of pyridine rings is 1. The van der Waals surface area contributed by atoms with Crippen molar-refractivity contribution in [3.8, 4) is 0 Å². The second-order valence-corrected chi connectivity index (χ2v) is 10.4. The van der Waals surface area contributed by atoms with E-state index in [4.69, 9.17) is 19.2 Å². The number of methoxy groups -OCH3 is 1. The van der Waals surface area contributed by atoms with E-state index < -0.39 is 11.7 Å². The Kier molecular flexibility index (Phi) is 7.97. The van der Waals surface area contributed by atoms with E-state index in [2.05, 4.69) is 27.8 Å². The molecule has 1 aliphatic rings. The third-order valence-electron chi connectivity index (χ3n) is 5.44. The lowest BCUT2D eigenvalue weighted by Gasteiger charge is -2.41. The fraction of sp³-hybridized carbons (Fsp3) is 0.739. The van der Waals surface area contributed by atoms with E-state index in [1.54, 1.807) is 7.11 Å². The van der Waals surface area contributed by atoms with Crippen LogP contribution in [0.5, 0.6) is 0 Å². The summed E-state index contributed by atoms with van der Waals surface area (Å²) in [5, 5.41) is 0. The molecule has 0 aliphatic carbocycles. The van der Waals surface area contributed by atoms with E-state index in [-0.39, 0.29) is 17.7 Å².